The van der Waals surface area contributed by atoms with Crippen molar-refractivity contribution in [3.05, 3.63) is 77.9 Å². The molecule has 0 unspecified atom stereocenters. The molecular weight excluding hydrogens is 388 g/mol. The molecule has 0 aliphatic heterocycles. The van der Waals surface area contributed by atoms with Crippen LogP contribution in [0.2, 0.25) is 0 Å². The third-order valence-corrected chi connectivity index (χ3v) is 5.10. The number of amides is 1. The van der Waals surface area contributed by atoms with Gasteiger partial charge in [0.15, 0.2) is 6.61 Å². The van der Waals surface area contributed by atoms with E-state index in [1.54, 1.807) is 4.80 Å². The van der Waals surface area contributed by atoms with Crippen molar-refractivity contribution in [3.8, 4) is 11.4 Å². The van der Waals surface area contributed by atoms with Gasteiger partial charge in [-0.05, 0) is 67.3 Å². The Kier molecular flexibility index (Phi) is 6.26. The van der Waals surface area contributed by atoms with E-state index in [1.807, 2.05) is 61.5 Å². The zero-order chi connectivity index (χ0) is 21.6. The third kappa shape index (κ3) is 5.09. The number of nitrogens with one attached hydrogen (secondary N) is 1. The molecular formula is C25H26N4O2. The lowest BCUT2D eigenvalue weighted by Gasteiger charge is -2.09. The van der Waals surface area contributed by atoms with Gasteiger partial charge in [0.25, 0.3) is 5.91 Å². The van der Waals surface area contributed by atoms with Crippen LogP contribution in [0.3, 0.4) is 0 Å². The van der Waals surface area contributed by atoms with Crippen molar-refractivity contribution in [3.63, 3.8) is 0 Å². The Labute approximate surface area is 181 Å². The predicted molar refractivity (Wildman–Crippen MR) is 123 cm³/mol. The molecule has 0 fully saturated rings. The highest BCUT2D eigenvalue weighted by Crippen LogP contribution is 2.19. The Morgan fingerprint density at radius 3 is 2.55 bits per heavy atom. The quantitative estimate of drug-likeness (QED) is 0.436. The SMILES string of the molecule is CCCCc1ccc(-n2nc3ccc(NC(=O)COc4ccccc4C)cc3n2)cc1. The number of nitrogens with zero attached hydrogens (tertiary/aromatic N) is 3. The van der Waals surface area contributed by atoms with Gasteiger partial charge < -0.3 is 10.1 Å². The minimum absolute atomic E-state index is 0.0556. The Morgan fingerprint density at radius 1 is 1.00 bits per heavy atom. The van der Waals surface area contributed by atoms with Gasteiger partial charge in [-0.3, -0.25) is 4.79 Å². The monoisotopic (exact) mass is 414 g/mol. The number of rotatable bonds is 8. The predicted octanol–water partition coefficient (Wildman–Crippen LogP) is 5.09. The Hall–Kier alpha value is -3.67. The number of fused-ring (bicyclic) bond motifs is 1. The first-order valence-corrected chi connectivity index (χ1v) is 10.6. The number of benzene rings is 3. The molecule has 4 rings (SSSR count). The van der Waals surface area contributed by atoms with Crippen molar-refractivity contribution in [2.75, 3.05) is 11.9 Å². The van der Waals surface area contributed by atoms with Crippen LogP contribution in [0, 0.1) is 6.92 Å². The zero-order valence-electron chi connectivity index (χ0n) is 17.8. The number of carbonyl (C=O) groups excluding carboxylic acids is 1. The van der Waals surface area contributed by atoms with Crippen LogP contribution in [0.15, 0.2) is 66.7 Å². The minimum Gasteiger partial charge on any atom is -0.483 e. The maximum absolute atomic E-state index is 12.3. The topological polar surface area (TPSA) is 69.0 Å². The molecule has 1 aromatic heterocycles. The van der Waals surface area contributed by atoms with Crippen LogP contribution in [0.25, 0.3) is 16.7 Å². The summed E-state index contributed by atoms with van der Waals surface area (Å²) < 4.78 is 5.61. The van der Waals surface area contributed by atoms with Gasteiger partial charge in [-0.15, -0.1) is 10.2 Å². The number of para-hydroxylation sites is 1. The molecule has 0 spiro atoms. The number of anilines is 1. The summed E-state index contributed by atoms with van der Waals surface area (Å²) in [5, 5.41) is 12.0. The highest BCUT2D eigenvalue weighted by Gasteiger charge is 2.09. The molecule has 0 aliphatic rings. The second kappa shape index (κ2) is 9.43. The van der Waals surface area contributed by atoms with Gasteiger partial charge in [-0.1, -0.05) is 43.7 Å². The summed E-state index contributed by atoms with van der Waals surface area (Å²) in [5.41, 5.74) is 5.37. The van der Waals surface area contributed by atoms with Gasteiger partial charge in [-0.25, -0.2) is 0 Å². The zero-order valence-corrected chi connectivity index (χ0v) is 17.8. The number of hydrogen-bond donors (Lipinski definition) is 1. The van der Waals surface area contributed by atoms with Crippen LogP contribution in [0.1, 0.15) is 30.9 Å². The summed E-state index contributed by atoms with van der Waals surface area (Å²) >= 11 is 0. The smallest absolute Gasteiger partial charge is 0.262 e. The molecule has 1 heterocycles. The van der Waals surface area contributed by atoms with Crippen molar-refractivity contribution in [1.29, 1.82) is 0 Å². The van der Waals surface area contributed by atoms with Gasteiger partial charge >= 0.3 is 0 Å². The molecule has 31 heavy (non-hydrogen) atoms. The number of ether oxygens (including phenoxy) is 1. The number of hydrogen-bond acceptors (Lipinski definition) is 4. The van der Waals surface area contributed by atoms with E-state index in [1.165, 1.54) is 18.4 Å². The first-order chi connectivity index (χ1) is 15.1. The van der Waals surface area contributed by atoms with Gasteiger partial charge in [0, 0.05) is 5.69 Å². The molecule has 0 saturated heterocycles. The molecule has 0 aliphatic carbocycles. The molecule has 6 heteroatoms. The summed E-state index contributed by atoms with van der Waals surface area (Å²) in [5.74, 6) is 0.481. The summed E-state index contributed by atoms with van der Waals surface area (Å²) in [4.78, 5) is 13.9. The van der Waals surface area contributed by atoms with E-state index >= 15 is 0 Å². The number of unbranched alkanes of at least 4 members (excludes halogenated alkanes) is 1. The third-order valence-electron chi connectivity index (χ3n) is 5.10. The lowest BCUT2D eigenvalue weighted by atomic mass is 10.1. The van der Waals surface area contributed by atoms with E-state index in [0.717, 1.165) is 23.2 Å². The highest BCUT2D eigenvalue weighted by molar-refractivity contribution is 5.93. The largest absolute Gasteiger partial charge is 0.483 e. The van der Waals surface area contributed by atoms with E-state index in [-0.39, 0.29) is 12.5 Å². The maximum Gasteiger partial charge on any atom is 0.262 e. The summed E-state index contributed by atoms with van der Waals surface area (Å²) in [6.45, 7) is 4.09. The van der Waals surface area contributed by atoms with Crippen LogP contribution in [0.5, 0.6) is 5.75 Å². The lowest BCUT2D eigenvalue weighted by molar-refractivity contribution is -0.118. The maximum atomic E-state index is 12.3. The van der Waals surface area contributed by atoms with Crippen molar-refractivity contribution in [1.82, 2.24) is 15.0 Å². The summed E-state index contributed by atoms with van der Waals surface area (Å²) in [6, 6.07) is 21.4. The average Bonchev–Trinajstić information content (AvgIpc) is 3.21. The molecule has 0 atom stereocenters. The number of aromatic nitrogens is 3. The molecule has 1 amide bonds. The van der Waals surface area contributed by atoms with Crippen molar-refractivity contribution < 1.29 is 9.53 Å². The van der Waals surface area contributed by atoms with Crippen molar-refractivity contribution >= 4 is 22.6 Å². The van der Waals surface area contributed by atoms with Crippen LogP contribution < -0.4 is 10.1 Å². The summed E-state index contributed by atoms with van der Waals surface area (Å²) in [6.07, 6.45) is 3.46. The van der Waals surface area contributed by atoms with Crippen LogP contribution in [0.4, 0.5) is 5.69 Å². The molecule has 4 aromatic rings. The molecule has 158 valence electrons. The molecule has 6 nitrogen and oxygen atoms in total. The molecule has 0 saturated carbocycles. The lowest BCUT2D eigenvalue weighted by Crippen LogP contribution is -2.20. The van der Waals surface area contributed by atoms with E-state index in [4.69, 9.17) is 4.74 Å². The van der Waals surface area contributed by atoms with E-state index in [0.29, 0.717) is 17.0 Å². The van der Waals surface area contributed by atoms with Crippen LogP contribution in [-0.2, 0) is 11.2 Å². The van der Waals surface area contributed by atoms with E-state index in [9.17, 15) is 4.79 Å². The fourth-order valence-electron chi connectivity index (χ4n) is 3.34. The first-order valence-electron chi connectivity index (χ1n) is 10.6. The van der Waals surface area contributed by atoms with Crippen molar-refractivity contribution in [2.24, 2.45) is 0 Å². The number of aryl methyl sites for hydroxylation is 2. The fourth-order valence-corrected chi connectivity index (χ4v) is 3.34. The minimum atomic E-state index is -0.224. The molecule has 0 bridgehead atoms. The standard InChI is InChI=1S/C25H26N4O2/c1-3-4-8-19-10-13-21(14-11-19)29-27-22-15-12-20(16-23(22)28-29)26-25(30)17-31-24-9-6-5-7-18(24)2/h5-7,9-16H,3-4,8,17H2,1-2H3,(H,26,30). The second-order valence-electron chi connectivity index (χ2n) is 7.57. The van der Waals surface area contributed by atoms with Gasteiger partial charge in [0.1, 0.15) is 16.8 Å². The number of carbonyl (C=O) groups is 1. The fraction of sp³-hybridized carbons (Fsp3) is 0.240. The average molecular weight is 415 g/mol. The van der Waals surface area contributed by atoms with Crippen molar-refractivity contribution in [2.45, 2.75) is 33.1 Å². The Morgan fingerprint density at radius 2 is 1.77 bits per heavy atom. The molecule has 0 radical (unpaired) electrons. The first kappa shape index (κ1) is 20.6. The Bertz CT molecular complexity index is 1180. The van der Waals surface area contributed by atoms with Gasteiger partial charge in [0.2, 0.25) is 0 Å². The normalized spacial score (nSPS) is 10.9. The second-order valence-corrected chi connectivity index (χ2v) is 7.57. The van der Waals surface area contributed by atoms with E-state index < -0.39 is 0 Å². The van der Waals surface area contributed by atoms with Crippen LogP contribution in [-0.4, -0.2) is 27.5 Å². The van der Waals surface area contributed by atoms with E-state index in [2.05, 4.69) is 34.6 Å². The highest BCUT2D eigenvalue weighted by atomic mass is 16.5. The Balaban J connectivity index is 1.42. The molecule has 1 N–H and O–H groups in total. The van der Waals surface area contributed by atoms with Crippen LogP contribution >= 0.6 is 0 Å². The summed E-state index contributed by atoms with van der Waals surface area (Å²) in [7, 11) is 0. The van der Waals surface area contributed by atoms with Gasteiger partial charge in [-0.2, -0.15) is 4.80 Å². The molecule has 3 aromatic carbocycles. The van der Waals surface area contributed by atoms with Gasteiger partial charge in [0.05, 0.1) is 5.69 Å².